The number of carbonyl (C=O) groups is 3. The molecule has 0 saturated carbocycles. The number of amides is 4. The zero-order valence-electron chi connectivity index (χ0n) is 15.3. The quantitative estimate of drug-likeness (QED) is 0.429. The summed E-state index contributed by atoms with van der Waals surface area (Å²) >= 11 is 0. The molecule has 0 aliphatic carbocycles. The summed E-state index contributed by atoms with van der Waals surface area (Å²) in [5.41, 5.74) is 0.301. The average Bonchev–Trinajstić information content (AvgIpc) is 2.58. The van der Waals surface area contributed by atoms with Crippen molar-refractivity contribution in [1.82, 2.24) is 10.2 Å². The Labute approximate surface area is 152 Å². The topological polar surface area (TPSA) is 91.3 Å². The van der Waals surface area contributed by atoms with E-state index in [4.69, 9.17) is 4.74 Å². The smallest absolute Gasteiger partial charge is 0.335 e. The van der Waals surface area contributed by atoms with Crippen molar-refractivity contribution in [3.05, 3.63) is 24.3 Å². The number of hydrogen-bond donors (Lipinski definition) is 1. The van der Waals surface area contributed by atoms with E-state index in [0.717, 1.165) is 17.9 Å². The third-order valence-corrected chi connectivity index (χ3v) is 3.76. The standard InChI is InChI=1S/C18H24N4O4/c1-4-26-15-9-6-5-8-14(15)22-17(24)13(16(23)20-18(22)25)12-19-10-7-11-21(2)3/h5-6,8-9,12-13H,4,7,10-11H2,1-3H3,(H,20,23,25)/t13-/m1/s1. The van der Waals surface area contributed by atoms with Crippen LogP contribution in [0.25, 0.3) is 0 Å². The highest BCUT2D eigenvalue weighted by Gasteiger charge is 2.41. The number of benzene rings is 1. The Morgan fingerprint density at radius 1 is 1.27 bits per heavy atom. The van der Waals surface area contributed by atoms with Crippen LogP contribution in [-0.2, 0) is 9.59 Å². The van der Waals surface area contributed by atoms with E-state index in [9.17, 15) is 14.4 Å². The third kappa shape index (κ3) is 4.66. The maximum atomic E-state index is 12.8. The zero-order chi connectivity index (χ0) is 19.1. The van der Waals surface area contributed by atoms with E-state index in [0.29, 0.717) is 24.6 Å². The molecule has 0 bridgehead atoms. The van der Waals surface area contributed by atoms with Crippen molar-refractivity contribution in [2.24, 2.45) is 10.9 Å². The maximum Gasteiger partial charge on any atom is 0.335 e. The van der Waals surface area contributed by atoms with Crippen molar-refractivity contribution in [2.75, 3.05) is 38.7 Å². The van der Waals surface area contributed by atoms with E-state index >= 15 is 0 Å². The van der Waals surface area contributed by atoms with E-state index in [1.54, 1.807) is 24.3 Å². The summed E-state index contributed by atoms with van der Waals surface area (Å²) in [6, 6.07) is 5.92. The minimum absolute atomic E-state index is 0.301. The van der Waals surface area contributed by atoms with Gasteiger partial charge in [0.05, 0.1) is 12.3 Å². The van der Waals surface area contributed by atoms with E-state index in [-0.39, 0.29) is 0 Å². The fourth-order valence-electron chi connectivity index (χ4n) is 2.53. The molecule has 0 aromatic heterocycles. The monoisotopic (exact) mass is 360 g/mol. The molecular formula is C18H24N4O4. The molecule has 1 N–H and O–H groups in total. The van der Waals surface area contributed by atoms with Crippen LogP contribution in [0.3, 0.4) is 0 Å². The van der Waals surface area contributed by atoms with Gasteiger partial charge in [-0.25, -0.2) is 9.69 Å². The lowest BCUT2D eigenvalue weighted by molar-refractivity contribution is -0.131. The summed E-state index contributed by atoms with van der Waals surface area (Å²) < 4.78 is 5.49. The Morgan fingerprint density at radius 3 is 2.69 bits per heavy atom. The fourth-order valence-corrected chi connectivity index (χ4v) is 2.53. The number of urea groups is 1. The normalized spacial score (nSPS) is 17.9. The van der Waals surface area contributed by atoms with Gasteiger partial charge in [0.15, 0.2) is 5.92 Å². The Balaban J connectivity index is 2.18. The van der Waals surface area contributed by atoms with Gasteiger partial charge in [0.2, 0.25) is 5.91 Å². The molecule has 140 valence electrons. The lowest BCUT2D eigenvalue weighted by Gasteiger charge is -2.29. The van der Waals surface area contributed by atoms with Crippen LogP contribution < -0.4 is 15.0 Å². The van der Waals surface area contributed by atoms with Crippen LogP contribution in [0.5, 0.6) is 5.75 Å². The number of imide groups is 2. The lowest BCUT2D eigenvalue weighted by atomic mass is 10.1. The molecule has 1 aliphatic heterocycles. The van der Waals surface area contributed by atoms with Gasteiger partial charge in [-0.15, -0.1) is 0 Å². The van der Waals surface area contributed by atoms with Crippen LogP contribution in [0, 0.1) is 5.92 Å². The summed E-state index contributed by atoms with van der Waals surface area (Å²) in [5.74, 6) is -2.04. The second-order valence-electron chi connectivity index (χ2n) is 6.06. The number of rotatable bonds is 8. The predicted molar refractivity (Wildman–Crippen MR) is 98.7 cm³/mol. The number of nitrogens with zero attached hydrogens (tertiary/aromatic N) is 3. The Bertz CT molecular complexity index is 702. The molecule has 0 spiro atoms. The summed E-state index contributed by atoms with van der Waals surface area (Å²) in [6.07, 6.45) is 2.12. The van der Waals surface area contributed by atoms with Crippen LogP contribution in [-0.4, -0.2) is 62.8 Å². The van der Waals surface area contributed by atoms with Crippen molar-refractivity contribution < 1.29 is 19.1 Å². The molecule has 8 heteroatoms. The van der Waals surface area contributed by atoms with Gasteiger partial charge in [0.25, 0.3) is 5.91 Å². The van der Waals surface area contributed by atoms with Crippen LogP contribution in [0.1, 0.15) is 13.3 Å². The molecule has 0 unspecified atom stereocenters. The molecule has 1 heterocycles. The summed E-state index contributed by atoms with van der Waals surface area (Å²) in [4.78, 5) is 44.2. The highest BCUT2D eigenvalue weighted by atomic mass is 16.5. The number of carbonyl (C=O) groups excluding carboxylic acids is 3. The van der Waals surface area contributed by atoms with Crippen LogP contribution in [0.4, 0.5) is 10.5 Å². The summed E-state index contributed by atoms with van der Waals surface area (Å²) in [7, 11) is 3.92. The summed E-state index contributed by atoms with van der Waals surface area (Å²) in [5, 5.41) is 2.21. The van der Waals surface area contributed by atoms with Crippen LogP contribution in [0.15, 0.2) is 29.3 Å². The first-order valence-electron chi connectivity index (χ1n) is 8.51. The maximum absolute atomic E-state index is 12.8. The molecule has 8 nitrogen and oxygen atoms in total. The minimum atomic E-state index is -1.14. The first-order valence-corrected chi connectivity index (χ1v) is 8.51. The van der Waals surface area contributed by atoms with Crippen molar-refractivity contribution >= 4 is 29.7 Å². The second kappa shape index (κ2) is 9.10. The molecule has 2 rings (SSSR count). The first kappa shape index (κ1) is 19.6. The Hall–Kier alpha value is -2.74. The molecule has 4 amide bonds. The zero-order valence-corrected chi connectivity index (χ0v) is 15.3. The number of anilines is 1. The SMILES string of the molecule is CCOc1ccccc1N1C(=O)NC(=O)[C@@H](C=NCCCN(C)C)C1=O. The van der Waals surface area contributed by atoms with Gasteiger partial charge < -0.3 is 9.64 Å². The Kier molecular flexibility index (Phi) is 6.85. The second-order valence-corrected chi connectivity index (χ2v) is 6.06. The van der Waals surface area contributed by atoms with Crippen LogP contribution in [0.2, 0.25) is 0 Å². The van der Waals surface area contributed by atoms with E-state index in [1.807, 2.05) is 25.9 Å². The largest absolute Gasteiger partial charge is 0.492 e. The Morgan fingerprint density at radius 2 is 2.00 bits per heavy atom. The number of ether oxygens (including phenoxy) is 1. The number of nitrogens with one attached hydrogen (secondary N) is 1. The van der Waals surface area contributed by atoms with Crippen molar-refractivity contribution in [2.45, 2.75) is 13.3 Å². The van der Waals surface area contributed by atoms with E-state index < -0.39 is 23.8 Å². The predicted octanol–water partition coefficient (Wildman–Crippen LogP) is 1.31. The average molecular weight is 360 g/mol. The number of barbiturate groups is 1. The van der Waals surface area contributed by atoms with Crippen LogP contribution >= 0.6 is 0 Å². The van der Waals surface area contributed by atoms with Gasteiger partial charge in [-0.2, -0.15) is 0 Å². The van der Waals surface area contributed by atoms with Crippen molar-refractivity contribution in [3.8, 4) is 5.75 Å². The number of para-hydroxylation sites is 2. The molecule has 1 fully saturated rings. The molecule has 1 aromatic rings. The molecule has 0 radical (unpaired) electrons. The lowest BCUT2D eigenvalue weighted by Crippen LogP contribution is -2.58. The van der Waals surface area contributed by atoms with Gasteiger partial charge in [0, 0.05) is 12.8 Å². The van der Waals surface area contributed by atoms with Gasteiger partial charge in [0.1, 0.15) is 5.75 Å². The highest BCUT2D eigenvalue weighted by Crippen LogP contribution is 2.30. The third-order valence-electron chi connectivity index (χ3n) is 3.76. The fraction of sp³-hybridized carbons (Fsp3) is 0.444. The molecule has 1 aliphatic rings. The van der Waals surface area contributed by atoms with Gasteiger partial charge in [-0.1, -0.05) is 12.1 Å². The van der Waals surface area contributed by atoms with Gasteiger partial charge in [-0.05, 0) is 46.1 Å². The van der Waals surface area contributed by atoms with Crippen molar-refractivity contribution in [3.63, 3.8) is 0 Å². The summed E-state index contributed by atoms with van der Waals surface area (Å²) in [6.45, 7) is 3.55. The molecule has 1 saturated heterocycles. The van der Waals surface area contributed by atoms with Gasteiger partial charge in [-0.3, -0.25) is 19.9 Å². The molecule has 26 heavy (non-hydrogen) atoms. The number of aliphatic imine (C=N–C) groups is 1. The van der Waals surface area contributed by atoms with E-state index in [2.05, 4.69) is 10.3 Å². The molecule has 1 aromatic carbocycles. The minimum Gasteiger partial charge on any atom is -0.492 e. The van der Waals surface area contributed by atoms with E-state index in [1.165, 1.54) is 6.21 Å². The highest BCUT2D eigenvalue weighted by molar-refractivity contribution is 6.32. The molecule has 1 atom stereocenters. The number of hydrogen-bond acceptors (Lipinski definition) is 6. The van der Waals surface area contributed by atoms with Crippen molar-refractivity contribution in [1.29, 1.82) is 0 Å². The molecular weight excluding hydrogens is 336 g/mol. The first-order chi connectivity index (χ1) is 12.5. The van der Waals surface area contributed by atoms with Gasteiger partial charge >= 0.3 is 6.03 Å².